The summed E-state index contributed by atoms with van der Waals surface area (Å²) in [5.41, 5.74) is 0.700. The molecule has 0 bridgehead atoms. The Bertz CT molecular complexity index is 437. The lowest BCUT2D eigenvalue weighted by atomic mass is 10.0. The number of benzene rings is 1. The van der Waals surface area contributed by atoms with Crippen molar-refractivity contribution in [2.45, 2.75) is 45.6 Å². The molecule has 1 aromatic rings. The van der Waals surface area contributed by atoms with Crippen molar-refractivity contribution in [3.8, 4) is 11.8 Å². The third kappa shape index (κ3) is 4.57. The maximum Gasteiger partial charge on any atom is 0.122 e. The van der Waals surface area contributed by atoms with Crippen molar-refractivity contribution in [1.82, 2.24) is 5.32 Å². The molecule has 0 heterocycles. The van der Waals surface area contributed by atoms with Gasteiger partial charge in [0.05, 0.1) is 12.7 Å². The fourth-order valence-electron chi connectivity index (χ4n) is 2.03. The van der Waals surface area contributed by atoms with Gasteiger partial charge >= 0.3 is 0 Å². The van der Waals surface area contributed by atoms with Crippen molar-refractivity contribution in [2.24, 2.45) is 0 Å². The molecule has 3 nitrogen and oxygen atoms in total. The molecule has 0 aliphatic carbocycles. The Morgan fingerprint density at radius 3 is 2.63 bits per heavy atom. The number of para-hydroxylation sites is 1. The fraction of sp³-hybridized carbons (Fsp3) is 0.562. The Balaban J connectivity index is 2.61. The van der Waals surface area contributed by atoms with Gasteiger partial charge in [0.15, 0.2) is 0 Å². The van der Waals surface area contributed by atoms with Crippen molar-refractivity contribution in [3.63, 3.8) is 0 Å². The molecule has 1 N–H and O–H groups in total. The second-order valence-electron chi connectivity index (χ2n) is 5.27. The van der Waals surface area contributed by atoms with Crippen molar-refractivity contribution in [3.05, 3.63) is 29.8 Å². The van der Waals surface area contributed by atoms with E-state index in [-0.39, 0.29) is 0 Å². The molecular weight excluding hydrogens is 236 g/mol. The third-order valence-electron chi connectivity index (χ3n) is 3.21. The molecule has 0 aliphatic rings. The average Bonchev–Trinajstić information content (AvgIpc) is 2.39. The van der Waals surface area contributed by atoms with Crippen LogP contribution in [-0.2, 0) is 0 Å². The van der Waals surface area contributed by atoms with Gasteiger partial charge in [0.25, 0.3) is 0 Å². The summed E-state index contributed by atoms with van der Waals surface area (Å²) in [5, 5.41) is 12.4. The molecule has 19 heavy (non-hydrogen) atoms. The van der Waals surface area contributed by atoms with Crippen LogP contribution in [0.5, 0.6) is 5.75 Å². The van der Waals surface area contributed by atoms with E-state index in [0.29, 0.717) is 18.9 Å². The lowest BCUT2D eigenvalue weighted by Gasteiger charge is -2.23. The van der Waals surface area contributed by atoms with Crippen LogP contribution in [0.1, 0.15) is 45.6 Å². The zero-order chi connectivity index (χ0) is 14.3. The molecule has 104 valence electrons. The molecular formula is C16H24N2O. The van der Waals surface area contributed by atoms with Crippen LogP contribution in [-0.4, -0.2) is 18.7 Å². The van der Waals surface area contributed by atoms with Crippen LogP contribution in [0.15, 0.2) is 24.3 Å². The van der Waals surface area contributed by atoms with Crippen LogP contribution in [0.4, 0.5) is 0 Å². The van der Waals surface area contributed by atoms with E-state index in [1.54, 1.807) is 0 Å². The van der Waals surface area contributed by atoms with E-state index in [2.05, 4.69) is 31.3 Å². The largest absolute Gasteiger partial charge is 0.493 e. The van der Waals surface area contributed by atoms with Gasteiger partial charge in [-0.1, -0.05) is 39.0 Å². The third-order valence-corrected chi connectivity index (χ3v) is 3.21. The van der Waals surface area contributed by atoms with Gasteiger partial charge in [-0.25, -0.2) is 0 Å². The number of hydrogen-bond acceptors (Lipinski definition) is 3. The van der Waals surface area contributed by atoms with Crippen LogP contribution in [0.2, 0.25) is 0 Å². The van der Waals surface area contributed by atoms with Gasteiger partial charge in [0.1, 0.15) is 11.3 Å². The molecule has 0 aromatic heterocycles. The summed E-state index contributed by atoms with van der Waals surface area (Å²) in [4.78, 5) is 0. The zero-order valence-corrected chi connectivity index (χ0v) is 12.4. The highest BCUT2D eigenvalue weighted by Gasteiger charge is 2.22. The lowest BCUT2D eigenvalue weighted by molar-refractivity contribution is 0.266. The van der Waals surface area contributed by atoms with Crippen molar-refractivity contribution in [2.75, 3.05) is 13.2 Å². The maximum absolute atomic E-state index is 9.19. The van der Waals surface area contributed by atoms with Gasteiger partial charge in [0, 0.05) is 6.42 Å². The first-order valence-corrected chi connectivity index (χ1v) is 6.90. The van der Waals surface area contributed by atoms with E-state index in [1.165, 1.54) is 5.56 Å². The van der Waals surface area contributed by atoms with Crippen molar-refractivity contribution in [1.29, 1.82) is 5.26 Å². The van der Waals surface area contributed by atoms with Crippen LogP contribution in [0.25, 0.3) is 0 Å². The molecule has 0 saturated heterocycles. The molecule has 0 spiro atoms. The summed E-state index contributed by atoms with van der Waals surface area (Å²) in [6.07, 6.45) is 0.670. The molecule has 1 unspecified atom stereocenters. The van der Waals surface area contributed by atoms with E-state index >= 15 is 0 Å². The minimum Gasteiger partial charge on any atom is -0.493 e. The first-order valence-electron chi connectivity index (χ1n) is 6.90. The van der Waals surface area contributed by atoms with E-state index in [0.717, 1.165) is 12.3 Å². The molecule has 1 aromatic carbocycles. The molecule has 0 amide bonds. The molecule has 1 atom stereocenters. The van der Waals surface area contributed by atoms with Crippen molar-refractivity contribution < 1.29 is 4.74 Å². The van der Waals surface area contributed by atoms with Gasteiger partial charge in [-0.15, -0.1) is 0 Å². The molecule has 0 aliphatic heterocycles. The standard InChI is InChI=1S/C16H24N2O/c1-5-18-16(4,12-17)10-11-19-15-9-7-6-8-14(15)13(2)3/h6-9,13,18H,5,10-11H2,1-4H3. The number of nitriles is 1. The summed E-state index contributed by atoms with van der Waals surface area (Å²) >= 11 is 0. The predicted octanol–water partition coefficient (Wildman–Crippen LogP) is 3.47. The quantitative estimate of drug-likeness (QED) is 0.816. The fourth-order valence-corrected chi connectivity index (χ4v) is 2.03. The van der Waals surface area contributed by atoms with E-state index in [1.807, 2.05) is 32.0 Å². The first kappa shape index (κ1) is 15.5. The highest BCUT2D eigenvalue weighted by molar-refractivity contribution is 5.35. The second kappa shape index (κ2) is 7.16. The van der Waals surface area contributed by atoms with Gasteiger partial charge in [-0.3, -0.25) is 5.32 Å². The number of rotatable bonds is 7. The number of ether oxygens (including phenoxy) is 1. The Kier molecular flexibility index (Phi) is 5.85. The molecule has 0 saturated carbocycles. The number of hydrogen-bond donors (Lipinski definition) is 1. The zero-order valence-electron chi connectivity index (χ0n) is 12.4. The Labute approximate surface area is 116 Å². The Morgan fingerprint density at radius 1 is 1.37 bits per heavy atom. The summed E-state index contributed by atoms with van der Waals surface area (Å²) in [6, 6.07) is 10.4. The van der Waals surface area contributed by atoms with Gasteiger partial charge in [-0.05, 0) is 31.0 Å². The smallest absolute Gasteiger partial charge is 0.122 e. The summed E-state index contributed by atoms with van der Waals surface area (Å²) in [7, 11) is 0. The highest BCUT2D eigenvalue weighted by Crippen LogP contribution is 2.26. The normalized spacial score (nSPS) is 13.9. The highest BCUT2D eigenvalue weighted by atomic mass is 16.5. The SMILES string of the molecule is CCNC(C)(C#N)CCOc1ccccc1C(C)C. The van der Waals surface area contributed by atoms with Crippen LogP contribution < -0.4 is 10.1 Å². The summed E-state index contributed by atoms with van der Waals surface area (Å²) < 4.78 is 5.85. The van der Waals surface area contributed by atoms with E-state index < -0.39 is 5.54 Å². The summed E-state index contributed by atoms with van der Waals surface area (Å²) in [5.74, 6) is 1.36. The minimum absolute atomic E-state index is 0.437. The number of nitrogens with one attached hydrogen (secondary N) is 1. The maximum atomic E-state index is 9.19. The van der Waals surface area contributed by atoms with Gasteiger partial charge < -0.3 is 4.74 Å². The minimum atomic E-state index is -0.512. The van der Waals surface area contributed by atoms with Gasteiger partial charge in [0.2, 0.25) is 0 Å². The molecule has 3 heteroatoms. The predicted molar refractivity (Wildman–Crippen MR) is 78.3 cm³/mol. The molecule has 0 radical (unpaired) electrons. The molecule has 0 fully saturated rings. The average molecular weight is 260 g/mol. The van der Waals surface area contributed by atoms with Gasteiger partial charge in [-0.2, -0.15) is 5.26 Å². The lowest BCUT2D eigenvalue weighted by Crippen LogP contribution is -2.42. The topological polar surface area (TPSA) is 45.0 Å². The monoisotopic (exact) mass is 260 g/mol. The van der Waals surface area contributed by atoms with Crippen LogP contribution in [0, 0.1) is 11.3 Å². The first-order chi connectivity index (χ1) is 9.02. The van der Waals surface area contributed by atoms with E-state index in [4.69, 9.17) is 4.74 Å². The molecule has 1 rings (SSSR count). The second-order valence-corrected chi connectivity index (χ2v) is 5.27. The number of nitrogens with zero attached hydrogens (tertiary/aromatic N) is 1. The Hall–Kier alpha value is -1.53. The van der Waals surface area contributed by atoms with Crippen molar-refractivity contribution >= 4 is 0 Å². The summed E-state index contributed by atoms with van der Waals surface area (Å²) in [6.45, 7) is 9.55. The Morgan fingerprint density at radius 2 is 2.05 bits per heavy atom. The van der Waals surface area contributed by atoms with Crippen LogP contribution in [0.3, 0.4) is 0 Å². The van der Waals surface area contributed by atoms with E-state index in [9.17, 15) is 5.26 Å². The van der Waals surface area contributed by atoms with Crippen LogP contribution >= 0.6 is 0 Å².